The molecule has 1 aromatic heterocycles. The molecule has 0 saturated heterocycles. The third-order valence-electron chi connectivity index (χ3n) is 5.40. The summed E-state index contributed by atoms with van der Waals surface area (Å²) in [5.74, 6) is 0. The lowest BCUT2D eigenvalue weighted by Crippen LogP contribution is -2.58. The van der Waals surface area contributed by atoms with Gasteiger partial charge in [0.1, 0.15) is 12.2 Å². The van der Waals surface area contributed by atoms with Crippen molar-refractivity contribution < 1.29 is 24.2 Å². The van der Waals surface area contributed by atoms with Crippen molar-refractivity contribution in [2.75, 3.05) is 6.54 Å². The number of aliphatic hydroxyl groups excluding tert-OH is 1. The predicted octanol–water partition coefficient (Wildman–Crippen LogP) is 4.87. The lowest BCUT2D eigenvalue weighted by molar-refractivity contribution is -0.0957. The average molecular weight is 521 g/mol. The third-order valence-corrected chi connectivity index (χ3v) is 5.40. The Labute approximate surface area is 223 Å². The number of aryl methyl sites for hydroxylation is 1. The zero-order valence-electron chi connectivity index (χ0n) is 22.1. The van der Waals surface area contributed by atoms with Crippen LogP contribution in [0.4, 0.5) is 9.59 Å². The first-order valence-corrected chi connectivity index (χ1v) is 12.6. The zero-order chi connectivity index (χ0) is 27.4. The number of rotatable bonds is 10. The van der Waals surface area contributed by atoms with Gasteiger partial charge in [-0.2, -0.15) is 5.01 Å². The highest BCUT2D eigenvalue weighted by Gasteiger charge is 2.31. The first-order chi connectivity index (χ1) is 18.2. The van der Waals surface area contributed by atoms with Gasteiger partial charge in [0.2, 0.25) is 0 Å². The van der Waals surface area contributed by atoms with E-state index in [4.69, 9.17) is 9.47 Å². The predicted molar refractivity (Wildman–Crippen MR) is 143 cm³/mol. The van der Waals surface area contributed by atoms with E-state index in [1.165, 1.54) is 5.01 Å². The van der Waals surface area contributed by atoms with E-state index in [0.717, 1.165) is 21.8 Å². The number of nitrogens with one attached hydrogen (secondary N) is 1. The fraction of sp³-hybridized carbons (Fsp3) is 0.345. The second-order valence-electron chi connectivity index (χ2n) is 9.85. The summed E-state index contributed by atoms with van der Waals surface area (Å²) in [5.41, 5.74) is 4.41. The Morgan fingerprint density at radius 1 is 0.921 bits per heavy atom. The molecule has 9 heteroatoms. The smallest absolute Gasteiger partial charge is 0.443 e. The van der Waals surface area contributed by atoms with E-state index in [9.17, 15) is 14.7 Å². The highest BCUT2D eigenvalue weighted by atomic mass is 16.6. The monoisotopic (exact) mass is 520 g/mol. The van der Waals surface area contributed by atoms with Crippen molar-refractivity contribution in [2.24, 2.45) is 0 Å². The van der Waals surface area contributed by atoms with Crippen LogP contribution >= 0.6 is 0 Å². The van der Waals surface area contributed by atoms with E-state index in [1.807, 2.05) is 60.7 Å². The van der Waals surface area contributed by atoms with Crippen LogP contribution in [0.3, 0.4) is 0 Å². The van der Waals surface area contributed by atoms with E-state index in [2.05, 4.69) is 10.4 Å². The summed E-state index contributed by atoms with van der Waals surface area (Å²) in [4.78, 5) is 30.1. The molecule has 0 fully saturated rings. The molecule has 202 valence electrons. The number of hydrazine groups is 2. The molecule has 1 heterocycles. The molecule has 2 N–H and O–H groups in total. The van der Waals surface area contributed by atoms with Gasteiger partial charge in [-0.05, 0) is 62.4 Å². The van der Waals surface area contributed by atoms with Crippen molar-refractivity contribution in [3.05, 3.63) is 102 Å². The number of carbonyl (C=O) groups excluding carboxylic acids is 2. The highest BCUT2D eigenvalue weighted by Crippen LogP contribution is 2.15. The van der Waals surface area contributed by atoms with Gasteiger partial charge in [0.25, 0.3) is 0 Å². The molecule has 9 nitrogen and oxygen atoms in total. The molecule has 3 aromatic rings. The minimum atomic E-state index is -0.835. The van der Waals surface area contributed by atoms with Gasteiger partial charge >= 0.3 is 12.2 Å². The first kappa shape index (κ1) is 28.6. The van der Waals surface area contributed by atoms with Crippen LogP contribution in [0.5, 0.6) is 0 Å². The Hall–Kier alpha value is -3.95. The lowest BCUT2D eigenvalue weighted by atomic mass is 10.1. The summed E-state index contributed by atoms with van der Waals surface area (Å²) in [5, 5.41) is 13.4. The standard InChI is InChI=1S/C29H36N4O5/c1-29(2,3)38-28(36)33(31-27(35)37-22-25-12-8-5-9-13-25)32(20-24-16-18-30-19-17-24)21-26(34)15-14-23-10-6-4-7-11-23/h4-13,16-19,26,34H,14-15,20-22H2,1-3H3,(H,31,35)/t26-/m0/s1. The number of amides is 2. The normalized spacial score (nSPS) is 12.0. The van der Waals surface area contributed by atoms with Crippen LogP contribution < -0.4 is 5.43 Å². The van der Waals surface area contributed by atoms with Crippen LogP contribution in [-0.4, -0.2) is 50.7 Å². The van der Waals surface area contributed by atoms with Gasteiger partial charge < -0.3 is 14.6 Å². The molecule has 38 heavy (non-hydrogen) atoms. The van der Waals surface area contributed by atoms with Crippen LogP contribution in [0.1, 0.15) is 43.9 Å². The Morgan fingerprint density at radius 2 is 1.53 bits per heavy atom. The van der Waals surface area contributed by atoms with Crippen molar-refractivity contribution in [3.8, 4) is 0 Å². The number of carbonyl (C=O) groups is 2. The van der Waals surface area contributed by atoms with Crippen molar-refractivity contribution >= 4 is 12.2 Å². The maximum Gasteiger partial charge on any atom is 0.444 e. The van der Waals surface area contributed by atoms with Gasteiger partial charge in [0.15, 0.2) is 0 Å². The van der Waals surface area contributed by atoms with E-state index in [0.29, 0.717) is 12.8 Å². The van der Waals surface area contributed by atoms with E-state index in [1.54, 1.807) is 45.3 Å². The third kappa shape index (κ3) is 10.2. The molecular weight excluding hydrogens is 484 g/mol. The Bertz CT molecular complexity index is 1120. The molecule has 0 aliphatic carbocycles. The van der Waals surface area contributed by atoms with Crippen molar-refractivity contribution in [1.29, 1.82) is 0 Å². The molecule has 0 bridgehead atoms. The minimum absolute atomic E-state index is 0.0267. The molecule has 0 aliphatic rings. The molecule has 0 radical (unpaired) electrons. The molecular formula is C29H36N4O5. The second kappa shape index (κ2) is 14.1. The number of nitrogens with zero attached hydrogens (tertiary/aromatic N) is 3. The van der Waals surface area contributed by atoms with Crippen molar-refractivity contribution in [3.63, 3.8) is 0 Å². The fourth-order valence-electron chi connectivity index (χ4n) is 3.61. The van der Waals surface area contributed by atoms with E-state index >= 15 is 0 Å². The van der Waals surface area contributed by atoms with E-state index < -0.39 is 23.9 Å². The largest absolute Gasteiger partial charge is 0.444 e. The summed E-state index contributed by atoms with van der Waals surface area (Å²) < 4.78 is 10.9. The van der Waals surface area contributed by atoms with Crippen LogP contribution in [0, 0.1) is 0 Å². The summed E-state index contributed by atoms with van der Waals surface area (Å²) in [6.07, 6.45) is 1.94. The number of aromatic nitrogens is 1. The summed E-state index contributed by atoms with van der Waals surface area (Å²) in [6, 6.07) is 22.7. The maximum absolute atomic E-state index is 13.3. The molecule has 0 aliphatic heterocycles. The number of hydrogen-bond donors (Lipinski definition) is 2. The van der Waals surface area contributed by atoms with Crippen LogP contribution in [-0.2, 0) is 29.0 Å². The van der Waals surface area contributed by atoms with Gasteiger partial charge in [0, 0.05) is 25.5 Å². The Morgan fingerprint density at radius 3 is 2.13 bits per heavy atom. The Balaban J connectivity index is 1.78. The molecule has 0 unspecified atom stereocenters. The Kier molecular flexibility index (Phi) is 10.6. The number of hydrogen-bond acceptors (Lipinski definition) is 7. The van der Waals surface area contributed by atoms with Gasteiger partial charge in [-0.15, -0.1) is 5.12 Å². The number of benzene rings is 2. The minimum Gasteiger partial charge on any atom is -0.443 e. The van der Waals surface area contributed by atoms with E-state index in [-0.39, 0.29) is 19.7 Å². The number of pyridine rings is 1. The molecule has 0 saturated carbocycles. The van der Waals surface area contributed by atoms with Gasteiger partial charge in [-0.25, -0.2) is 15.0 Å². The lowest BCUT2D eigenvalue weighted by Gasteiger charge is -2.36. The van der Waals surface area contributed by atoms with Crippen LogP contribution in [0.2, 0.25) is 0 Å². The summed E-state index contributed by atoms with van der Waals surface area (Å²) in [6.45, 7) is 5.48. The van der Waals surface area contributed by atoms with Crippen molar-refractivity contribution in [2.45, 2.75) is 58.5 Å². The topological polar surface area (TPSA) is 104 Å². The average Bonchev–Trinajstić information content (AvgIpc) is 2.90. The highest BCUT2D eigenvalue weighted by molar-refractivity contribution is 5.73. The maximum atomic E-state index is 13.3. The van der Waals surface area contributed by atoms with Crippen LogP contribution in [0.15, 0.2) is 85.2 Å². The zero-order valence-corrected chi connectivity index (χ0v) is 22.1. The van der Waals surface area contributed by atoms with Gasteiger partial charge in [0.05, 0.1) is 6.10 Å². The van der Waals surface area contributed by atoms with Gasteiger partial charge in [-0.3, -0.25) is 4.98 Å². The molecule has 1 atom stereocenters. The second-order valence-corrected chi connectivity index (χ2v) is 9.85. The summed E-state index contributed by atoms with van der Waals surface area (Å²) in [7, 11) is 0. The van der Waals surface area contributed by atoms with Gasteiger partial charge in [-0.1, -0.05) is 60.7 Å². The quantitative estimate of drug-likeness (QED) is 0.368. The first-order valence-electron chi connectivity index (χ1n) is 12.6. The van der Waals surface area contributed by atoms with Crippen LogP contribution in [0.25, 0.3) is 0 Å². The number of ether oxygens (including phenoxy) is 2. The summed E-state index contributed by atoms with van der Waals surface area (Å²) >= 11 is 0. The molecule has 0 spiro atoms. The van der Waals surface area contributed by atoms with Crippen molar-refractivity contribution in [1.82, 2.24) is 20.5 Å². The SMILES string of the molecule is CC(C)(C)OC(=O)N(NC(=O)OCc1ccccc1)N(Cc1ccncc1)C[C@@H](O)CCc1ccccc1. The number of aliphatic hydroxyl groups is 1. The molecule has 2 amide bonds. The molecule has 3 rings (SSSR count). The molecule has 2 aromatic carbocycles. The fourth-order valence-corrected chi connectivity index (χ4v) is 3.61.